The van der Waals surface area contributed by atoms with Crippen LogP contribution in [0.15, 0.2) is 17.4 Å². The average molecular weight is 533 g/mol. The Balaban J connectivity index is 0.00000320. The maximum absolute atomic E-state index is 6.01. The van der Waals surface area contributed by atoms with E-state index in [-0.39, 0.29) is 35.6 Å². The highest BCUT2D eigenvalue weighted by atomic mass is 127. The van der Waals surface area contributed by atoms with Crippen molar-refractivity contribution in [1.82, 2.24) is 24.9 Å². The number of nitrogens with zero attached hydrogens (tertiary/aromatic N) is 5. The van der Waals surface area contributed by atoms with Gasteiger partial charge in [-0.05, 0) is 39.0 Å². The van der Waals surface area contributed by atoms with Gasteiger partial charge in [0.15, 0.2) is 5.96 Å². The first-order valence-corrected chi connectivity index (χ1v) is 11.2. The highest BCUT2D eigenvalue weighted by molar-refractivity contribution is 14.0. The summed E-state index contributed by atoms with van der Waals surface area (Å²) in [6, 6.07) is 0. The van der Waals surface area contributed by atoms with Crippen molar-refractivity contribution >= 4 is 29.9 Å². The van der Waals surface area contributed by atoms with Crippen molar-refractivity contribution in [3.63, 3.8) is 0 Å². The zero-order chi connectivity index (χ0) is 21.0. The van der Waals surface area contributed by atoms with Gasteiger partial charge in [-0.1, -0.05) is 13.8 Å². The van der Waals surface area contributed by atoms with Gasteiger partial charge in [0.2, 0.25) is 0 Å². The third kappa shape index (κ3) is 6.56. The van der Waals surface area contributed by atoms with Gasteiger partial charge >= 0.3 is 0 Å². The topological polar surface area (TPSA) is 57.9 Å². The molecule has 0 radical (unpaired) electrons. The van der Waals surface area contributed by atoms with Crippen LogP contribution in [0.1, 0.15) is 52.7 Å². The molecule has 0 amide bonds. The molecule has 0 saturated carbocycles. The number of piperidine rings is 1. The molecule has 0 spiro atoms. The molecule has 0 bridgehead atoms. The second-order valence-electron chi connectivity index (χ2n) is 9.59. The van der Waals surface area contributed by atoms with Gasteiger partial charge in [0.1, 0.15) is 6.10 Å². The Labute approximate surface area is 199 Å². The maximum atomic E-state index is 6.01. The summed E-state index contributed by atoms with van der Waals surface area (Å²) in [6.07, 6.45) is 5.32. The molecule has 2 aliphatic heterocycles. The summed E-state index contributed by atoms with van der Waals surface area (Å²) < 4.78 is 7.85. The number of aryl methyl sites for hydroxylation is 1. The summed E-state index contributed by atoms with van der Waals surface area (Å²) in [5, 5.41) is 7.80. The number of hydrogen-bond acceptors (Lipinski definition) is 4. The predicted octanol–water partition coefficient (Wildman–Crippen LogP) is 3.13. The van der Waals surface area contributed by atoms with Crippen LogP contribution in [-0.2, 0) is 11.8 Å². The van der Waals surface area contributed by atoms with Crippen LogP contribution in [0.4, 0.5) is 0 Å². The van der Waals surface area contributed by atoms with Crippen LogP contribution in [0.3, 0.4) is 0 Å². The number of morpholine rings is 1. The fraction of sp³-hybridized carbons (Fsp3) is 0.818. The Hall–Kier alpha value is -0.870. The smallest absolute Gasteiger partial charge is 0.194 e. The summed E-state index contributed by atoms with van der Waals surface area (Å²) in [5.74, 6) is 2.51. The van der Waals surface area contributed by atoms with Gasteiger partial charge in [-0.3, -0.25) is 14.6 Å². The molecule has 8 heteroatoms. The molecule has 2 saturated heterocycles. The van der Waals surface area contributed by atoms with E-state index in [1.165, 1.54) is 19.5 Å². The third-order valence-corrected chi connectivity index (χ3v) is 6.14. The molecule has 0 aliphatic carbocycles. The van der Waals surface area contributed by atoms with Gasteiger partial charge in [0.05, 0.1) is 25.9 Å². The van der Waals surface area contributed by atoms with Crippen molar-refractivity contribution in [2.75, 3.05) is 45.9 Å². The molecule has 3 heterocycles. The number of guanidine groups is 1. The zero-order valence-corrected chi connectivity index (χ0v) is 21.9. The Morgan fingerprint density at radius 1 is 1.27 bits per heavy atom. The van der Waals surface area contributed by atoms with E-state index >= 15 is 0 Å². The Bertz CT molecular complexity index is 681. The normalized spacial score (nSPS) is 26.4. The minimum absolute atomic E-state index is 0. The van der Waals surface area contributed by atoms with E-state index in [1.54, 1.807) is 0 Å². The number of ether oxygens (including phenoxy) is 1. The number of nitrogens with one attached hydrogen (secondary N) is 1. The van der Waals surface area contributed by atoms with E-state index in [2.05, 4.69) is 54.8 Å². The first-order valence-electron chi connectivity index (χ1n) is 11.2. The molecule has 1 aromatic heterocycles. The lowest BCUT2D eigenvalue weighted by Gasteiger charge is -2.44. The van der Waals surface area contributed by atoms with Crippen LogP contribution in [0, 0.1) is 11.8 Å². The lowest BCUT2D eigenvalue weighted by atomic mass is 9.88. The van der Waals surface area contributed by atoms with Crippen molar-refractivity contribution < 1.29 is 4.74 Å². The first-order chi connectivity index (χ1) is 13.8. The van der Waals surface area contributed by atoms with Crippen LogP contribution in [-0.4, -0.2) is 77.0 Å². The predicted molar refractivity (Wildman–Crippen MR) is 133 cm³/mol. The number of rotatable bonds is 5. The van der Waals surface area contributed by atoms with E-state index in [0.717, 1.165) is 49.5 Å². The minimum atomic E-state index is 0. The number of likely N-dealkylation sites (tertiary alicyclic amines) is 1. The largest absolute Gasteiger partial charge is 0.370 e. The molecule has 1 N–H and O–H groups in total. The summed E-state index contributed by atoms with van der Waals surface area (Å²) in [7, 11) is 1.94. The molecular formula is C22H41IN6O. The standard InChI is InChI=1S/C22H40N6O.HI/c1-7-23-21(24-16-22(4,5)28-12-17(2)10-18(3)13-28)27-8-9-29-20(15-27)19-11-25-26(6)14-19;/h11,14,17-18,20H,7-10,12-13,15-16H2,1-6H3,(H,23,24);1H. The van der Waals surface area contributed by atoms with Crippen LogP contribution < -0.4 is 5.32 Å². The Morgan fingerprint density at radius 3 is 2.57 bits per heavy atom. The second kappa shape index (κ2) is 11.1. The first kappa shape index (κ1) is 25.4. The summed E-state index contributed by atoms with van der Waals surface area (Å²) >= 11 is 0. The SMILES string of the molecule is CCNC(=NCC(C)(C)N1CC(C)CC(C)C1)N1CCOC(c2cnn(C)c2)C1.I. The average Bonchev–Trinajstić information content (AvgIpc) is 3.11. The van der Waals surface area contributed by atoms with E-state index in [0.29, 0.717) is 6.61 Å². The number of aromatic nitrogens is 2. The fourth-order valence-corrected chi connectivity index (χ4v) is 4.60. The van der Waals surface area contributed by atoms with Crippen molar-refractivity contribution in [3.8, 4) is 0 Å². The summed E-state index contributed by atoms with van der Waals surface area (Å²) in [5.41, 5.74) is 1.18. The minimum Gasteiger partial charge on any atom is -0.370 e. The van der Waals surface area contributed by atoms with Gasteiger partial charge < -0.3 is 15.0 Å². The Morgan fingerprint density at radius 2 is 1.97 bits per heavy atom. The molecule has 3 rings (SSSR count). The van der Waals surface area contributed by atoms with Gasteiger partial charge in [-0.25, -0.2) is 0 Å². The summed E-state index contributed by atoms with van der Waals surface area (Å²) in [6.45, 7) is 17.9. The zero-order valence-electron chi connectivity index (χ0n) is 19.6. The molecule has 7 nitrogen and oxygen atoms in total. The van der Waals surface area contributed by atoms with Gasteiger partial charge in [-0.2, -0.15) is 5.10 Å². The van der Waals surface area contributed by atoms with Gasteiger partial charge in [-0.15, -0.1) is 24.0 Å². The van der Waals surface area contributed by atoms with Crippen LogP contribution in [0.2, 0.25) is 0 Å². The number of halogens is 1. The molecule has 0 aromatic carbocycles. The molecule has 30 heavy (non-hydrogen) atoms. The highest BCUT2D eigenvalue weighted by Gasteiger charge is 2.33. The van der Waals surface area contributed by atoms with E-state index in [4.69, 9.17) is 9.73 Å². The quantitative estimate of drug-likeness (QED) is 0.359. The molecular weight excluding hydrogens is 491 g/mol. The fourth-order valence-electron chi connectivity index (χ4n) is 4.60. The van der Waals surface area contributed by atoms with Crippen LogP contribution >= 0.6 is 24.0 Å². The van der Waals surface area contributed by atoms with Gasteiger partial charge in [0.25, 0.3) is 0 Å². The van der Waals surface area contributed by atoms with Crippen LogP contribution in [0.25, 0.3) is 0 Å². The van der Waals surface area contributed by atoms with Crippen molar-refractivity contribution in [1.29, 1.82) is 0 Å². The Kier molecular flexibility index (Phi) is 9.42. The molecule has 1 aromatic rings. The third-order valence-electron chi connectivity index (χ3n) is 6.14. The molecule has 3 unspecified atom stereocenters. The van der Waals surface area contributed by atoms with Gasteiger partial charge in [0, 0.05) is 50.5 Å². The molecule has 3 atom stereocenters. The van der Waals surface area contributed by atoms with Crippen molar-refractivity contribution in [3.05, 3.63) is 18.0 Å². The molecule has 2 aliphatic rings. The summed E-state index contributed by atoms with van der Waals surface area (Å²) in [4.78, 5) is 10.1. The molecule has 2 fully saturated rings. The van der Waals surface area contributed by atoms with Crippen molar-refractivity contribution in [2.24, 2.45) is 23.9 Å². The monoisotopic (exact) mass is 532 g/mol. The lowest BCUT2D eigenvalue weighted by molar-refractivity contribution is -0.00824. The van der Waals surface area contributed by atoms with E-state index < -0.39 is 0 Å². The maximum Gasteiger partial charge on any atom is 0.194 e. The lowest BCUT2D eigenvalue weighted by Crippen LogP contribution is -2.53. The highest BCUT2D eigenvalue weighted by Crippen LogP contribution is 2.28. The number of hydrogen-bond donors (Lipinski definition) is 1. The number of aliphatic imine (C=N–C) groups is 1. The molecule has 172 valence electrons. The van der Waals surface area contributed by atoms with E-state index in [9.17, 15) is 0 Å². The second-order valence-corrected chi connectivity index (χ2v) is 9.59. The van der Waals surface area contributed by atoms with Crippen LogP contribution in [0.5, 0.6) is 0 Å². The van der Waals surface area contributed by atoms with Crippen molar-refractivity contribution in [2.45, 2.75) is 52.7 Å². The van der Waals surface area contributed by atoms with E-state index in [1.807, 2.05) is 24.1 Å².